The molecule has 0 aliphatic carbocycles. The summed E-state index contributed by atoms with van der Waals surface area (Å²) in [5.74, 6) is 1.14. The van der Waals surface area contributed by atoms with Crippen LogP contribution in [0.4, 0.5) is 0 Å². The van der Waals surface area contributed by atoms with Gasteiger partial charge < -0.3 is 10.5 Å². The lowest BCUT2D eigenvalue weighted by Gasteiger charge is -2.06. The molecular formula is C13H13N3O. The minimum atomic E-state index is 0.00107. The number of nitrogens with zero attached hydrogens (tertiary/aromatic N) is 1. The summed E-state index contributed by atoms with van der Waals surface area (Å²) in [6.45, 7) is 2.01. The van der Waals surface area contributed by atoms with E-state index in [1.807, 2.05) is 31.2 Å². The number of nitrogens with two attached hydrogens (primary N) is 1. The van der Waals surface area contributed by atoms with Crippen molar-refractivity contribution >= 4 is 5.84 Å². The fourth-order valence-electron chi connectivity index (χ4n) is 1.36. The maximum atomic E-state index is 7.33. The van der Waals surface area contributed by atoms with Crippen LogP contribution in [0.5, 0.6) is 11.6 Å². The molecule has 0 spiro atoms. The Kier molecular flexibility index (Phi) is 3.05. The standard InChI is InChI=1S/C13H13N3O/c1-9-2-4-11(5-3-9)17-12-8-10(13(14)15)6-7-16-12/h2-8H,1H3,(H3,14,15). The van der Waals surface area contributed by atoms with Gasteiger partial charge in [-0.05, 0) is 25.1 Å². The summed E-state index contributed by atoms with van der Waals surface area (Å²) in [5.41, 5.74) is 7.16. The van der Waals surface area contributed by atoms with Gasteiger partial charge in [0.2, 0.25) is 5.88 Å². The van der Waals surface area contributed by atoms with Crippen molar-refractivity contribution in [1.82, 2.24) is 4.98 Å². The molecule has 1 aromatic heterocycles. The van der Waals surface area contributed by atoms with E-state index < -0.39 is 0 Å². The Morgan fingerprint density at radius 3 is 2.59 bits per heavy atom. The molecule has 2 aromatic rings. The number of amidine groups is 1. The van der Waals surface area contributed by atoms with E-state index >= 15 is 0 Å². The van der Waals surface area contributed by atoms with E-state index in [2.05, 4.69) is 4.98 Å². The molecule has 0 amide bonds. The molecule has 0 radical (unpaired) electrons. The van der Waals surface area contributed by atoms with Gasteiger partial charge in [-0.2, -0.15) is 0 Å². The molecule has 0 aliphatic rings. The third kappa shape index (κ3) is 2.81. The Bertz CT molecular complexity index is 535. The van der Waals surface area contributed by atoms with Gasteiger partial charge in [0, 0.05) is 17.8 Å². The number of aromatic nitrogens is 1. The van der Waals surface area contributed by atoms with Crippen molar-refractivity contribution < 1.29 is 4.74 Å². The molecule has 4 nitrogen and oxygen atoms in total. The highest BCUT2D eigenvalue weighted by Gasteiger charge is 2.02. The van der Waals surface area contributed by atoms with Crippen LogP contribution in [0.1, 0.15) is 11.1 Å². The van der Waals surface area contributed by atoms with Gasteiger partial charge in [0.05, 0.1) is 0 Å². The molecule has 17 heavy (non-hydrogen) atoms. The Labute approximate surface area is 99.6 Å². The molecular weight excluding hydrogens is 214 g/mol. The van der Waals surface area contributed by atoms with Crippen LogP contribution < -0.4 is 10.5 Å². The van der Waals surface area contributed by atoms with E-state index in [1.165, 1.54) is 5.56 Å². The average Bonchev–Trinajstić information content (AvgIpc) is 2.32. The maximum Gasteiger partial charge on any atom is 0.219 e. The molecule has 0 unspecified atom stereocenters. The van der Waals surface area contributed by atoms with Crippen molar-refractivity contribution in [2.24, 2.45) is 5.73 Å². The van der Waals surface area contributed by atoms with Gasteiger partial charge in [0.1, 0.15) is 11.6 Å². The molecule has 0 saturated carbocycles. The van der Waals surface area contributed by atoms with E-state index in [1.54, 1.807) is 18.3 Å². The topological polar surface area (TPSA) is 72.0 Å². The monoisotopic (exact) mass is 227 g/mol. The van der Waals surface area contributed by atoms with Crippen LogP contribution in [0.3, 0.4) is 0 Å². The highest BCUT2D eigenvalue weighted by atomic mass is 16.5. The van der Waals surface area contributed by atoms with Crippen molar-refractivity contribution in [2.45, 2.75) is 6.92 Å². The minimum Gasteiger partial charge on any atom is -0.439 e. The van der Waals surface area contributed by atoms with Gasteiger partial charge in [0.15, 0.2) is 0 Å². The van der Waals surface area contributed by atoms with Crippen LogP contribution in [0, 0.1) is 12.3 Å². The molecule has 1 heterocycles. The second-order valence-corrected chi connectivity index (χ2v) is 3.71. The molecule has 3 N–H and O–H groups in total. The van der Waals surface area contributed by atoms with Gasteiger partial charge in [-0.1, -0.05) is 17.7 Å². The van der Waals surface area contributed by atoms with Crippen LogP contribution in [0.2, 0.25) is 0 Å². The first-order chi connectivity index (χ1) is 8.15. The zero-order valence-corrected chi connectivity index (χ0v) is 9.47. The lowest BCUT2D eigenvalue weighted by Crippen LogP contribution is -2.11. The van der Waals surface area contributed by atoms with E-state index in [0.717, 1.165) is 0 Å². The van der Waals surface area contributed by atoms with E-state index in [-0.39, 0.29) is 5.84 Å². The van der Waals surface area contributed by atoms with Gasteiger partial charge in [-0.25, -0.2) is 4.98 Å². The molecule has 0 fully saturated rings. The lowest BCUT2D eigenvalue weighted by atomic mass is 10.2. The maximum absolute atomic E-state index is 7.33. The van der Waals surface area contributed by atoms with Crippen molar-refractivity contribution in [1.29, 1.82) is 5.41 Å². The summed E-state index contributed by atoms with van der Waals surface area (Å²) in [7, 11) is 0. The second-order valence-electron chi connectivity index (χ2n) is 3.71. The van der Waals surface area contributed by atoms with Gasteiger partial charge in [0.25, 0.3) is 0 Å². The quantitative estimate of drug-likeness (QED) is 0.625. The number of hydrogen-bond donors (Lipinski definition) is 2. The number of pyridine rings is 1. The second kappa shape index (κ2) is 4.65. The number of nitrogens with one attached hydrogen (secondary N) is 1. The number of ether oxygens (including phenoxy) is 1. The molecule has 0 aliphatic heterocycles. The molecule has 4 heteroatoms. The molecule has 1 aromatic carbocycles. The Morgan fingerprint density at radius 2 is 1.94 bits per heavy atom. The fourth-order valence-corrected chi connectivity index (χ4v) is 1.36. The van der Waals surface area contributed by atoms with E-state index in [9.17, 15) is 0 Å². The van der Waals surface area contributed by atoms with Gasteiger partial charge in [-0.15, -0.1) is 0 Å². The molecule has 0 atom stereocenters. The summed E-state index contributed by atoms with van der Waals surface area (Å²) in [6.07, 6.45) is 1.57. The van der Waals surface area contributed by atoms with Crippen LogP contribution in [0.15, 0.2) is 42.6 Å². The summed E-state index contributed by atoms with van der Waals surface area (Å²) in [5, 5.41) is 7.33. The lowest BCUT2D eigenvalue weighted by molar-refractivity contribution is 0.462. The zero-order valence-electron chi connectivity index (χ0n) is 9.47. The number of benzene rings is 1. The highest BCUT2D eigenvalue weighted by molar-refractivity contribution is 5.95. The van der Waals surface area contributed by atoms with Crippen LogP contribution in [0.25, 0.3) is 0 Å². The Hall–Kier alpha value is -2.36. The normalized spacial score (nSPS) is 9.94. The molecule has 0 saturated heterocycles. The summed E-state index contributed by atoms with van der Waals surface area (Å²) < 4.78 is 5.56. The first kappa shape index (κ1) is 11.1. The first-order valence-corrected chi connectivity index (χ1v) is 5.20. The van der Waals surface area contributed by atoms with Crippen LogP contribution in [-0.4, -0.2) is 10.8 Å². The fraction of sp³-hybridized carbons (Fsp3) is 0.0769. The summed E-state index contributed by atoms with van der Waals surface area (Å²) in [4.78, 5) is 4.07. The molecule has 86 valence electrons. The van der Waals surface area contributed by atoms with Crippen molar-refractivity contribution in [3.8, 4) is 11.6 Å². The van der Waals surface area contributed by atoms with E-state index in [4.69, 9.17) is 15.9 Å². The van der Waals surface area contributed by atoms with E-state index in [0.29, 0.717) is 17.2 Å². The number of aryl methyl sites for hydroxylation is 1. The predicted octanol–water partition coefficient (Wildman–Crippen LogP) is 2.47. The predicted molar refractivity (Wildman–Crippen MR) is 66.5 cm³/mol. The van der Waals surface area contributed by atoms with Crippen LogP contribution in [-0.2, 0) is 0 Å². The summed E-state index contributed by atoms with van der Waals surface area (Å²) in [6, 6.07) is 11.0. The first-order valence-electron chi connectivity index (χ1n) is 5.20. The van der Waals surface area contributed by atoms with Crippen molar-refractivity contribution in [3.05, 3.63) is 53.7 Å². The van der Waals surface area contributed by atoms with Crippen molar-refractivity contribution in [3.63, 3.8) is 0 Å². The SMILES string of the molecule is Cc1ccc(Oc2cc(C(=N)N)ccn2)cc1. The third-order valence-electron chi connectivity index (χ3n) is 2.29. The largest absolute Gasteiger partial charge is 0.439 e. The number of hydrogen-bond acceptors (Lipinski definition) is 3. The molecule has 0 bridgehead atoms. The highest BCUT2D eigenvalue weighted by Crippen LogP contribution is 2.20. The smallest absolute Gasteiger partial charge is 0.219 e. The minimum absolute atomic E-state index is 0.00107. The van der Waals surface area contributed by atoms with Crippen LogP contribution >= 0.6 is 0 Å². The molecule has 2 rings (SSSR count). The third-order valence-corrected chi connectivity index (χ3v) is 2.29. The van der Waals surface area contributed by atoms with Gasteiger partial charge >= 0.3 is 0 Å². The zero-order chi connectivity index (χ0) is 12.3. The summed E-state index contributed by atoms with van der Waals surface area (Å²) >= 11 is 0. The number of rotatable bonds is 3. The Balaban J connectivity index is 2.21. The Morgan fingerprint density at radius 1 is 1.24 bits per heavy atom. The van der Waals surface area contributed by atoms with Crippen molar-refractivity contribution in [2.75, 3.05) is 0 Å². The number of nitrogen functional groups attached to an aromatic ring is 1. The van der Waals surface area contributed by atoms with Gasteiger partial charge in [-0.3, -0.25) is 5.41 Å². The average molecular weight is 227 g/mol.